The zero-order chi connectivity index (χ0) is 36.4. The van der Waals surface area contributed by atoms with Gasteiger partial charge in [-0.1, -0.05) is 47.5 Å². The van der Waals surface area contributed by atoms with Gasteiger partial charge in [-0.25, -0.2) is 4.98 Å². The van der Waals surface area contributed by atoms with E-state index in [1.54, 1.807) is 49.9 Å². The molecule has 51 heavy (non-hydrogen) atoms. The summed E-state index contributed by atoms with van der Waals surface area (Å²) in [5.74, 6) is -0.272. The number of benzene rings is 2. The zero-order valence-electron chi connectivity index (χ0n) is 29.0. The summed E-state index contributed by atoms with van der Waals surface area (Å²) in [5.41, 5.74) is 4.71. The maximum absolute atomic E-state index is 13.6. The number of ether oxygens (including phenoxy) is 1. The number of pyridine rings is 1. The molecule has 2 aliphatic rings. The Kier molecular flexibility index (Phi) is 10.7. The molecule has 12 nitrogen and oxygen atoms in total. The third kappa shape index (κ3) is 7.74. The van der Waals surface area contributed by atoms with Gasteiger partial charge in [0.25, 0.3) is 5.91 Å². The van der Waals surface area contributed by atoms with E-state index in [1.807, 2.05) is 31.3 Å². The van der Waals surface area contributed by atoms with Crippen molar-refractivity contribution in [1.82, 2.24) is 30.1 Å². The van der Waals surface area contributed by atoms with E-state index in [2.05, 4.69) is 30.8 Å². The first-order valence-electron chi connectivity index (χ1n) is 16.8. The normalized spacial score (nSPS) is 16.1. The Morgan fingerprint density at radius 2 is 1.90 bits per heavy atom. The molecule has 4 N–H and O–H groups in total. The van der Waals surface area contributed by atoms with Crippen LogP contribution < -0.4 is 20.7 Å². The SMILES string of the molecule is COc1cc(-c2nccc(-c3cccc(NC(=O)c4nc5c(n4C)CCN(CC(C)(C)C(=O)O)C5)c3Cl)c2Cl)ccc1CNC[C@@H]1CCC(=O)N1. The zero-order valence-corrected chi connectivity index (χ0v) is 30.5. The second kappa shape index (κ2) is 15.0. The third-order valence-corrected chi connectivity index (χ3v) is 10.3. The molecule has 2 aromatic carbocycles. The van der Waals surface area contributed by atoms with E-state index in [0.717, 1.165) is 28.9 Å². The summed E-state index contributed by atoms with van der Waals surface area (Å²) < 4.78 is 7.50. The summed E-state index contributed by atoms with van der Waals surface area (Å²) in [7, 11) is 3.42. The molecule has 4 aromatic rings. The lowest BCUT2D eigenvalue weighted by atomic mass is 9.92. The summed E-state index contributed by atoms with van der Waals surface area (Å²) in [4.78, 5) is 48.1. The van der Waals surface area contributed by atoms with Gasteiger partial charge in [-0.15, -0.1) is 0 Å². The lowest BCUT2D eigenvalue weighted by Crippen LogP contribution is -2.41. The van der Waals surface area contributed by atoms with Crippen molar-refractivity contribution >= 4 is 46.7 Å². The number of fused-ring (bicyclic) bond motifs is 1. The molecule has 2 aliphatic heterocycles. The standard InChI is InChI=1S/C37H41Cl2N7O5/c1-37(2,36(49)50)20-46-15-13-28-27(19-46)43-34(45(28)3)35(48)44-26-7-5-6-24(31(26)38)25-12-14-41-33(32(25)39)21-8-9-22(29(16-21)51-4)17-40-18-23-10-11-30(47)42-23/h5-9,12,14,16,23,40H,10-11,13,15,17-20H2,1-4H3,(H,42,47)(H,44,48)(H,49,50)/t23-/m0/s1. The predicted molar refractivity (Wildman–Crippen MR) is 196 cm³/mol. The second-order valence-electron chi connectivity index (χ2n) is 13.6. The van der Waals surface area contributed by atoms with E-state index in [0.29, 0.717) is 83.9 Å². The summed E-state index contributed by atoms with van der Waals surface area (Å²) in [6, 6.07) is 13.0. The molecule has 0 radical (unpaired) electrons. The fourth-order valence-electron chi connectivity index (χ4n) is 6.66. The molecular weight excluding hydrogens is 693 g/mol. The van der Waals surface area contributed by atoms with Crippen LogP contribution in [-0.4, -0.2) is 75.1 Å². The van der Waals surface area contributed by atoms with Gasteiger partial charge in [0.15, 0.2) is 5.82 Å². The van der Waals surface area contributed by atoms with Crippen LogP contribution in [0.15, 0.2) is 48.7 Å². The van der Waals surface area contributed by atoms with Crippen molar-refractivity contribution < 1.29 is 24.2 Å². The molecule has 0 unspecified atom stereocenters. The van der Waals surface area contributed by atoms with Crippen LogP contribution >= 0.6 is 23.2 Å². The first kappa shape index (κ1) is 36.3. The fraction of sp³-hybridized carbons (Fsp3) is 0.378. The van der Waals surface area contributed by atoms with Crippen molar-refractivity contribution in [1.29, 1.82) is 0 Å². The van der Waals surface area contributed by atoms with Gasteiger partial charge in [0.1, 0.15) is 5.75 Å². The van der Waals surface area contributed by atoms with Gasteiger partial charge in [0.2, 0.25) is 5.91 Å². The predicted octanol–water partition coefficient (Wildman–Crippen LogP) is 5.55. The Bertz CT molecular complexity index is 2000. The van der Waals surface area contributed by atoms with E-state index in [4.69, 9.17) is 27.9 Å². The molecule has 1 fully saturated rings. The lowest BCUT2D eigenvalue weighted by molar-refractivity contribution is -0.148. The number of carbonyl (C=O) groups is 3. The Morgan fingerprint density at radius 1 is 1.12 bits per heavy atom. The molecule has 0 aliphatic carbocycles. The Morgan fingerprint density at radius 3 is 2.63 bits per heavy atom. The number of rotatable bonds is 12. The Balaban J connectivity index is 1.19. The van der Waals surface area contributed by atoms with E-state index in [1.165, 1.54) is 0 Å². The number of hydrogen-bond acceptors (Lipinski definition) is 8. The molecule has 14 heteroatoms. The molecule has 0 saturated carbocycles. The van der Waals surface area contributed by atoms with Gasteiger partial charge < -0.3 is 30.4 Å². The van der Waals surface area contributed by atoms with Crippen molar-refractivity contribution in [3.63, 3.8) is 0 Å². The van der Waals surface area contributed by atoms with Crippen molar-refractivity contribution in [2.75, 3.05) is 32.1 Å². The fourth-order valence-corrected chi connectivity index (χ4v) is 7.26. The largest absolute Gasteiger partial charge is 0.496 e. The average molecular weight is 735 g/mol. The quantitative estimate of drug-likeness (QED) is 0.147. The number of halogens is 2. The van der Waals surface area contributed by atoms with Crippen molar-refractivity contribution in [3.8, 4) is 28.1 Å². The highest BCUT2D eigenvalue weighted by molar-refractivity contribution is 6.39. The molecule has 0 bridgehead atoms. The Labute approximate surface area is 306 Å². The van der Waals surface area contributed by atoms with Crippen LogP contribution in [0.4, 0.5) is 5.69 Å². The van der Waals surface area contributed by atoms with Crippen molar-refractivity contribution in [3.05, 3.63) is 81.5 Å². The Hall–Kier alpha value is -4.49. The number of aromatic nitrogens is 3. The minimum Gasteiger partial charge on any atom is -0.496 e. The van der Waals surface area contributed by atoms with Crippen LogP contribution in [0.25, 0.3) is 22.4 Å². The van der Waals surface area contributed by atoms with Crippen LogP contribution in [0.2, 0.25) is 10.0 Å². The highest BCUT2D eigenvalue weighted by Crippen LogP contribution is 2.41. The maximum Gasteiger partial charge on any atom is 0.310 e. The molecule has 2 amide bonds. The minimum absolute atomic E-state index is 0.0882. The first-order chi connectivity index (χ1) is 24.4. The summed E-state index contributed by atoms with van der Waals surface area (Å²) in [6.07, 6.45) is 3.69. The van der Waals surface area contributed by atoms with Gasteiger partial charge >= 0.3 is 5.97 Å². The van der Waals surface area contributed by atoms with Gasteiger partial charge in [-0.3, -0.25) is 24.3 Å². The van der Waals surface area contributed by atoms with E-state index in [-0.39, 0.29) is 17.8 Å². The van der Waals surface area contributed by atoms with Gasteiger partial charge in [0.05, 0.1) is 39.6 Å². The number of carbonyl (C=O) groups excluding carboxylic acids is 2. The number of hydrogen-bond donors (Lipinski definition) is 4. The van der Waals surface area contributed by atoms with Crippen LogP contribution in [0.1, 0.15) is 54.3 Å². The lowest BCUT2D eigenvalue weighted by Gasteiger charge is -2.32. The van der Waals surface area contributed by atoms with Crippen molar-refractivity contribution in [2.45, 2.75) is 52.2 Å². The third-order valence-electron chi connectivity index (χ3n) is 9.51. The minimum atomic E-state index is -0.904. The number of nitrogens with one attached hydrogen (secondary N) is 3. The first-order valence-corrected chi connectivity index (χ1v) is 17.5. The highest BCUT2D eigenvalue weighted by Gasteiger charge is 2.33. The number of amides is 2. The molecular formula is C37H41Cl2N7O5. The molecule has 4 heterocycles. The summed E-state index contributed by atoms with van der Waals surface area (Å²) in [5, 5.41) is 19.6. The molecule has 6 rings (SSSR count). The van der Waals surface area contributed by atoms with Gasteiger partial charge in [-0.2, -0.15) is 0 Å². The number of carboxylic acid groups (broad SMARTS) is 1. The molecule has 1 atom stereocenters. The molecule has 0 spiro atoms. The summed E-state index contributed by atoms with van der Waals surface area (Å²) >= 11 is 13.9. The number of imidazole rings is 1. The monoisotopic (exact) mass is 733 g/mol. The van der Waals surface area contributed by atoms with Crippen molar-refractivity contribution in [2.24, 2.45) is 12.5 Å². The number of aliphatic carboxylic acids is 1. The number of carboxylic acids is 1. The number of nitrogens with zero attached hydrogens (tertiary/aromatic N) is 4. The van der Waals surface area contributed by atoms with Crippen LogP contribution in [0.3, 0.4) is 0 Å². The van der Waals surface area contributed by atoms with Gasteiger partial charge in [0, 0.05) is 92.8 Å². The second-order valence-corrected chi connectivity index (χ2v) is 14.4. The van der Waals surface area contributed by atoms with Crippen LogP contribution in [-0.2, 0) is 36.1 Å². The maximum atomic E-state index is 13.6. The summed E-state index contributed by atoms with van der Waals surface area (Å²) in [6.45, 7) is 6.15. The number of anilines is 1. The smallest absolute Gasteiger partial charge is 0.310 e. The molecule has 2 aromatic heterocycles. The molecule has 1 saturated heterocycles. The topological polar surface area (TPSA) is 151 Å². The average Bonchev–Trinajstić information content (AvgIpc) is 3.67. The number of methoxy groups -OCH3 is 1. The van der Waals surface area contributed by atoms with E-state index in [9.17, 15) is 19.5 Å². The van der Waals surface area contributed by atoms with Crippen LogP contribution in [0, 0.1) is 5.41 Å². The van der Waals surface area contributed by atoms with E-state index < -0.39 is 17.3 Å². The van der Waals surface area contributed by atoms with E-state index >= 15 is 0 Å². The molecule has 268 valence electrons. The van der Waals surface area contributed by atoms with Crippen LogP contribution in [0.5, 0.6) is 5.75 Å². The highest BCUT2D eigenvalue weighted by atomic mass is 35.5. The van der Waals surface area contributed by atoms with Gasteiger partial charge in [-0.05, 0) is 38.5 Å².